The Hall–Kier alpha value is -1.35. The molecule has 0 amide bonds. The Labute approximate surface area is 108 Å². The van der Waals surface area contributed by atoms with E-state index in [1.807, 2.05) is 19.1 Å². The molecule has 0 aliphatic heterocycles. The van der Waals surface area contributed by atoms with E-state index < -0.39 is 0 Å². The fourth-order valence-corrected chi connectivity index (χ4v) is 2.18. The molecule has 1 aromatic heterocycles. The van der Waals surface area contributed by atoms with Crippen LogP contribution < -0.4 is 5.73 Å². The fraction of sp³-hybridized carbons (Fsp3) is 0.533. The van der Waals surface area contributed by atoms with Gasteiger partial charge in [-0.3, -0.25) is 0 Å². The fourth-order valence-electron chi connectivity index (χ4n) is 2.18. The minimum atomic E-state index is 0.281. The highest BCUT2D eigenvalue weighted by Gasteiger charge is 2.14. The zero-order chi connectivity index (χ0) is 13.1. The van der Waals surface area contributed by atoms with Crippen molar-refractivity contribution in [2.45, 2.75) is 52.0 Å². The number of aromatic nitrogens is 1. The Balaban J connectivity index is 2.08. The lowest BCUT2D eigenvalue weighted by molar-refractivity contribution is 0.451. The van der Waals surface area contributed by atoms with Crippen molar-refractivity contribution in [3.63, 3.8) is 0 Å². The van der Waals surface area contributed by atoms with Crippen LogP contribution in [0, 0.1) is 6.92 Å². The number of benzene rings is 1. The number of nitrogens with zero attached hydrogens (tertiary/aromatic N) is 1. The molecule has 3 heteroatoms. The van der Waals surface area contributed by atoms with E-state index in [9.17, 15) is 0 Å². The zero-order valence-electron chi connectivity index (χ0n) is 11.4. The van der Waals surface area contributed by atoms with Crippen molar-refractivity contribution in [2.75, 3.05) is 0 Å². The summed E-state index contributed by atoms with van der Waals surface area (Å²) in [7, 11) is 0. The van der Waals surface area contributed by atoms with Crippen LogP contribution in [0.2, 0.25) is 0 Å². The summed E-state index contributed by atoms with van der Waals surface area (Å²) in [6, 6.07) is 6.36. The first-order valence-electron chi connectivity index (χ1n) is 6.69. The Bertz CT molecular complexity index is 516. The Morgan fingerprint density at radius 3 is 2.72 bits per heavy atom. The van der Waals surface area contributed by atoms with Crippen LogP contribution in [0.5, 0.6) is 0 Å². The van der Waals surface area contributed by atoms with Gasteiger partial charge in [0.25, 0.3) is 0 Å². The molecule has 2 rings (SSSR count). The molecule has 2 N–H and O–H groups in total. The lowest BCUT2D eigenvalue weighted by Gasteiger charge is -2.08. The largest absolute Gasteiger partial charge is 0.440 e. The SMILES string of the molecule is Cc1cccc2nc(C(C)CCCC(C)N)oc12. The highest BCUT2D eigenvalue weighted by Crippen LogP contribution is 2.26. The third kappa shape index (κ3) is 2.91. The molecule has 0 aliphatic rings. The summed E-state index contributed by atoms with van der Waals surface area (Å²) >= 11 is 0. The van der Waals surface area contributed by atoms with E-state index in [4.69, 9.17) is 10.2 Å². The number of nitrogens with two attached hydrogens (primary N) is 1. The normalized spacial score (nSPS) is 14.9. The van der Waals surface area contributed by atoms with E-state index >= 15 is 0 Å². The number of fused-ring (bicyclic) bond motifs is 1. The van der Waals surface area contributed by atoms with E-state index in [1.165, 1.54) is 0 Å². The van der Waals surface area contributed by atoms with Crippen LogP contribution in [0.3, 0.4) is 0 Å². The van der Waals surface area contributed by atoms with Crippen molar-refractivity contribution in [3.05, 3.63) is 29.7 Å². The monoisotopic (exact) mass is 246 g/mol. The second-order valence-corrected chi connectivity index (χ2v) is 5.28. The Kier molecular flexibility index (Phi) is 4.02. The average molecular weight is 246 g/mol. The number of hydrogen-bond donors (Lipinski definition) is 1. The van der Waals surface area contributed by atoms with E-state index in [2.05, 4.69) is 24.9 Å². The van der Waals surface area contributed by atoms with Gasteiger partial charge >= 0.3 is 0 Å². The predicted octanol–water partition coefficient (Wildman–Crippen LogP) is 3.76. The van der Waals surface area contributed by atoms with Crippen molar-refractivity contribution >= 4 is 11.1 Å². The van der Waals surface area contributed by atoms with E-state index in [1.54, 1.807) is 0 Å². The van der Waals surface area contributed by atoms with Gasteiger partial charge in [-0.2, -0.15) is 0 Å². The molecule has 0 fully saturated rings. The van der Waals surface area contributed by atoms with Crippen molar-refractivity contribution in [1.82, 2.24) is 4.98 Å². The lowest BCUT2D eigenvalue weighted by atomic mass is 10.0. The summed E-state index contributed by atoms with van der Waals surface area (Å²) in [5, 5.41) is 0. The summed E-state index contributed by atoms with van der Waals surface area (Å²) in [6.45, 7) is 6.27. The van der Waals surface area contributed by atoms with Crippen molar-refractivity contribution in [2.24, 2.45) is 5.73 Å². The highest BCUT2D eigenvalue weighted by atomic mass is 16.3. The standard InChI is InChI=1S/C15H22N2O/c1-10-6-5-9-13-14(10)18-15(17-13)11(2)7-4-8-12(3)16/h5-6,9,11-12H,4,7-8,16H2,1-3H3. The van der Waals surface area contributed by atoms with Crippen molar-refractivity contribution in [1.29, 1.82) is 0 Å². The third-order valence-corrected chi connectivity index (χ3v) is 3.35. The molecular weight excluding hydrogens is 224 g/mol. The van der Waals surface area contributed by atoms with Gasteiger partial charge in [-0.1, -0.05) is 25.5 Å². The van der Waals surface area contributed by atoms with Crippen LogP contribution in [-0.2, 0) is 0 Å². The third-order valence-electron chi connectivity index (χ3n) is 3.35. The van der Waals surface area contributed by atoms with Crippen LogP contribution in [0.15, 0.2) is 22.6 Å². The molecule has 1 heterocycles. The van der Waals surface area contributed by atoms with E-state index in [0.717, 1.165) is 41.8 Å². The Morgan fingerprint density at radius 2 is 2.06 bits per heavy atom. The first kappa shape index (κ1) is 13.1. The minimum Gasteiger partial charge on any atom is -0.440 e. The second-order valence-electron chi connectivity index (χ2n) is 5.28. The van der Waals surface area contributed by atoms with Crippen LogP contribution >= 0.6 is 0 Å². The van der Waals surface area contributed by atoms with Gasteiger partial charge in [-0.25, -0.2) is 4.98 Å². The molecule has 0 aliphatic carbocycles. The van der Waals surface area contributed by atoms with Crippen LogP contribution in [0.25, 0.3) is 11.1 Å². The maximum absolute atomic E-state index is 5.88. The number of hydrogen-bond acceptors (Lipinski definition) is 3. The molecule has 2 aromatic rings. The first-order valence-corrected chi connectivity index (χ1v) is 6.69. The van der Waals surface area contributed by atoms with Crippen molar-refractivity contribution < 1.29 is 4.42 Å². The van der Waals surface area contributed by atoms with Gasteiger partial charge in [0.05, 0.1) is 0 Å². The topological polar surface area (TPSA) is 52.0 Å². The van der Waals surface area contributed by atoms with Crippen LogP contribution in [0.4, 0.5) is 0 Å². The van der Waals surface area contributed by atoms with Gasteiger partial charge in [0.2, 0.25) is 0 Å². The lowest BCUT2D eigenvalue weighted by Crippen LogP contribution is -2.14. The predicted molar refractivity (Wildman–Crippen MR) is 74.7 cm³/mol. The van der Waals surface area contributed by atoms with Gasteiger partial charge in [-0.15, -0.1) is 0 Å². The first-order chi connectivity index (χ1) is 8.58. The summed E-state index contributed by atoms with van der Waals surface area (Å²) < 4.78 is 5.88. The molecule has 18 heavy (non-hydrogen) atoms. The van der Waals surface area contributed by atoms with Gasteiger partial charge in [-0.05, 0) is 38.3 Å². The molecule has 2 atom stereocenters. The number of aryl methyl sites for hydroxylation is 1. The molecule has 3 nitrogen and oxygen atoms in total. The molecule has 0 saturated carbocycles. The van der Waals surface area contributed by atoms with E-state index in [0.29, 0.717) is 5.92 Å². The molecule has 0 radical (unpaired) electrons. The number of para-hydroxylation sites is 1. The quantitative estimate of drug-likeness (QED) is 0.874. The summed E-state index contributed by atoms with van der Waals surface area (Å²) in [4.78, 5) is 4.57. The second kappa shape index (κ2) is 5.53. The molecule has 98 valence electrons. The average Bonchev–Trinajstić information content (AvgIpc) is 2.74. The summed E-state index contributed by atoms with van der Waals surface area (Å²) in [5.74, 6) is 1.21. The maximum atomic E-state index is 5.88. The maximum Gasteiger partial charge on any atom is 0.198 e. The van der Waals surface area contributed by atoms with Crippen molar-refractivity contribution in [3.8, 4) is 0 Å². The molecule has 0 spiro atoms. The van der Waals surface area contributed by atoms with Gasteiger partial charge < -0.3 is 10.2 Å². The van der Waals surface area contributed by atoms with Gasteiger partial charge in [0.1, 0.15) is 5.52 Å². The molecule has 1 aromatic carbocycles. The van der Waals surface area contributed by atoms with Crippen LogP contribution in [-0.4, -0.2) is 11.0 Å². The number of oxazole rings is 1. The van der Waals surface area contributed by atoms with E-state index in [-0.39, 0.29) is 6.04 Å². The highest BCUT2D eigenvalue weighted by molar-refractivity contribution is 5.76. The van der Waals surface area contributed by atoms with Gasteiger partial charge in [0, 0.05) is 12.0 Å². The molecule has 0 saturated heterocycles. The summed E-state index contributed by atoms with van der Waals surface area (Å²) in [5.41, 5.74) is 8.79. The molecule has 2 unspecified atom stereocenters. The minimum absolute atomic E-state index is 0.281. The van der Waals surface area contributed by atoms with Gasteiger partial charge in [0.15, 0.2) is 11.5 Å². The number of rotatable bonds is 5. The smallest absolute Gasteiger partial charge is 0.198 e. The molecular formula is C15H22N2O. The Morgan fingerprint density at radius 1 is 1.28 bits per heavy atom. The summed E-state index contributed by atoms with van der Waals surface area (Å²) in [6.07, 6.45) is 3.26. The zero-order valence-corrected chi connectivity index (χ0v) is 11.4. The van der Waals surface area contributed by atoms with Crippen LogP contribution in [0.1, 0.15) is 50.5 Å². The molecule has 0 bridgehead atoms.